The first kappa shape index (κ1) is 12.9. The van der Waals surface area contributed by atoms with E-state index in [2.05, 4.69) is 10.3 Å². The summed E-state index contributed by atoms with van der Waals surface area (Å²) >= 11 is 1.35. The molecule has 0 radical (unpaired) electrons. The maximum Gasteiger partial charge on any atom is 0.184 e. The van der Waals surface area contributed by atoms with E-state index in [0.717, 1.165) is 10.8 Å². The summed E-state index contributed by atoms with van der Waals surface area (Å²) < 4.78 is 40.1. The predicted octanol–water partition coefficient (Wildman–Crippen LogP) is 4.33. The van der Waals surface area contributed by atoms with Crippen molar-refractivity contribution >= 4 is 26.7 Å². The van der Waals surface area contributed by atoms with Crippen molar-refractivity contribution in [3.63, 3.8) is 0 Å². The lowest BCUT2D eigenvalue weighted by Crippen LogP contribution is -2.01. The standard InChI is InChI=1S/C14H9F3N2S/c15-9-2-1-8(11(17)5-9)7-18-14-19-12-6-10(16)3-4-13(12)20-14/h1-6H,7H2,(H,18,19). The fourth-order valence-electron chi connectivity index (χ4n) is 1.81. The van der Waals surface area contributed by atoms with Gasteiger partial charge in [-0.3, -0.25) is 0 Å². The minimum absolute atomic E-state index is 0.189. The highest BCUT2D eigenvalue weighted by molar-refractivity contribution is 7.22. The van der Waals surface area contributed by atoms with Crippen LogP contribution in [0.5, 0.6) is 0 Å². The Hall–Kier alpha value is -2.08. The van der Waals surface area contributed by atoms with Crippen molar-refractivity contribution in [3.8, 4) is 0 Å². The molecule has 1 heterocycles. The third kappa shape index (κ3) is 2.60. The van der Waals surface area contributed by atoms with Crippen LogP contribution < -0.4 is 5.32 Å². The van der Waals surface area contributed by atoms with Gasteiger partial charge < -0.3 is 5.32 Å². The molecule has 102 valence electrons. The zero-order valence-corrected chi connectivity index (χ0v) is 11.0. The Bertz CT molecular complexity index is 770. The van der Waals surface area contributed by atoms with Crippen LogP contribution in [-0.2, 0) is 6.54 Å². The average Bonchev–Trinajstić information content (AvgIpc) is 2.79. The molecule has 0 aliphatic heterocycles. The van der Waals surface area contributed by atoms with Gasteiger partial charge >= 0.3 is 0 Å². The van der Waals surface area contributed by atoms with Crippen molar-refractivity contribution in [2.75, 3.05) is 5.32 Å². The second-order valence-corrected chi connectivity index (χ2v) is 5.25. The largest absolute Gasteiger partial charge is 0.357 e. The Morgan fingerprint density at radius 2 is 1.75 bits per heavy atom. The van der Waals surface area contributed by atoms with Gasteiger partial charge in [0.2, 0.25) is 0 Å². The maximum absolute atomic E-state index is 13.5. The number of halogens is 3. The molecule has 1 N–H and O–H groups in total. The molecule has 0 saturated carbocycles. The van der Waals surface area contributed by atoms with E-state index in [-0.39, 0.29) is 12.4 Å². The number of hydrogen-bond donors (Lipinski definition) is 1. The molecule has 0 fully saturated rings. The van der Waals surface area contributed by atoms with Crippen LogP contribution in [0.2, 0.25) is 0 Å². The molecule has 0 aliphatic carbocycles. The zero-order chi connectivity index (χ0) is 14.1. The molecule has 0 saturated heterocycles. The van der Waals surface area contributed by atoms with Crippen LogP contribution in [0.4, 0.5) is 18.3 Å². The molecular formula is C14H9F3N2S. The highest BCUT2D eigenvalue weighted by Crippen LogP contribution is 2.26. The predicted molar refractivity (Wildman–Crippen MR) is 73.3 cm³/mol. The first-order valence-corrected chi connectivity index (χ1v) is 6.67. The molecule has 0 atom stereocenters. The smallest absolute Gasteiger partial charge is 0.184 e. The van der Waals surface area contributed by atoms with Gasteiger partial charge in [0, 0.05) is 24.2 Å². The SMILES string of the molecule is Fc1ccc(CNc2nc3cc(F)ccc3s2)c(F)c1. The van der Waals surface area contributed by atoms with Crippen LogP contribution >= 0.6 is 11.3 Å². The number of nitrogens with zero attached hydrogens (tertiary/aromatic N) is 1. The molecule has 0 unspecified atom stereocenters. The van der Waals surface area contributed by atoms with Gasteiger partial charge in [0.25, 0.3) is 0 Å². The van der Waals surface area contributed by atoms with Crippen LogP contribution in [-0.4, -0.2) is 4.98 Å². The molecule has 0 amide bonds. The molecule has 0 spiro atoms. The zero-order valence-electron chi connectivity index (χ0n) is 10.2. The average molecular weight is 294 g/mol. The first-order valence-electron chi connectivity index (χ1n) is 5.86. The van der Waals surface area contributed by atoms with E-state index < -0.39 is 11.6 Å². The van der Waals surface area contributed by atoms with Crippen molar-refractivity contribution in [2.45, 2.75) is 6.54 Å². The van der Waals surface area contributed by atoms with Crippen molar-refractivity contribution in [1.29, 1.82) is 0 Å². The highest BCUT2D eigenvalue weighted by Gasteiger charge is 2.07. The van der Waals surface area contributed by atoms with Crippen molar-refractivity contribution in [2.24, 2.45) is 0 Å². The van der Waals surface area contributed by atoms with Gasteiger partial charge in [-0.15, -0.1) is 0 Å². The van der Waals surface area contributed by atoms with Gasteiger partial charge in [0.05, 0.1) is 10.2 Å². The van der Waals surface area contributed by atoms with Crippen molar-refractivity contribution in [1.82, 2.24) is 4.98 Å². The Morgan fingerprint density at radius 3 is 2.55 bits per heavy atom. The van der Waals surface area contributed by atoms with Gasteiger partial charge in [-0.25, -0.2) is 18.2 Å². The second-order valence-electron chi connectivity index (χ2n) is 4.22. The minimum Gasteiger partial charge on any atom is -0.357 e. The van der Waals surface area contributed by atoms with Gasteiger partial charge in [0.15, 0.2) is 5.13 Å². The monoisotopic (exact) mass is 294 g/mol. The molecule has 3 rings (SSSR count). The number of benzene rings is 2. The summed E-state index contributed by atoms with van der Waals surface area (Å²) in [6.45, 7) is 0.189. The second kappa shape index (κ2) is 5.13. The number of rotatable bonds is 3. The van der Waals surface area contributed by atoms with Crippen LogP contribution in [0.25, 0.3) is 10.2 Å². The molecule has 1 aromatic heterocycles. The number of anilines is 1. The van der Waals surface area contributed by atoms with Crippen molar-refractivity contribution in [3.05, 3.63) is 59.4 Å². The summed E-state index contributed by atoms with van der Waals surface area (Å²) in [5, 5.41) is 3.52. The molecule has 6 heteroatoms. The fourth-order valence-corrected chi connectivity index (χ4v) is 2.65. The van der Waals surface area contributed by atoms with E-state index in [9.17, 15) is 13.2 Å². The third-order valence-corrected chi connectivity index (χ3v) is 3.79. The number of thiazole rings is 1. The molecule has 3 aromatic rings. The third-order valence-electron chi connectivity index (χ3n) is 2.79. The number of hydrogen-bond acceptors (Lipinski definition) is 3. The molecule has 0 aliphatic rings. The van der Waals surface area contributed by atoms with E-state index in [1.165, 1.54) is 35.6 Å². The number of nitrogens with one attached hydrogen (secondary N) is 1. The molecular weight excluding hydrogens is 285 g/mol. The normalized spacial score (nSPS) is 10.9. The molecule has 2 nitrogen and oxygen atoms in total. The highest BCUT2D eigenvalue weighted by atomic mass is 32.1. The summed E-state index contributed by atoms with van der Waals surface area (Å²) in [7, 11) is 0. The molecule has 20 heavy (non-hydrogen) atoms. The van der Waals surface area contributed by atoms with Crippen LogP contribution in [0.3, 0.4) is 0 Å². The lowest BCUT2D eigenvalue weighted by molar-refractivity contribution is 0.574. The van der Waals surface area contributed by atoms with Gasteiger partial charge in [-0.05, 0) is 18.2 Å². The Morgan fingerprint density at radius 1 is 1.00 bits per heavy atom. The first-order chi connectivity index (χ1) is 9.61. The van der Waals surface area contributed by atoms with Gasteiger partial charge in [-0.1, -0.05) is 17.4 Å². The Kier molecular flexibility index (Phi) is 3.31. The Labute approximate surface area is 116 Å². The lowest BCUT2D eigenvalue weighted by atomic mass is 10.2. The van der Waals surface area contributed by atoms with Gasteiger partial charge in [0.1, 0.15) is 17.5 Å². The summed E-state index contributed by atoms with van der Waals surface area (Å²) in [5.74, 6) is -1.56. The van der Waals surface area contributed by atoms with E-state index >= 15 is 0 Å². The summed E-state index contributed by atoms with van der Waals surface area (Å²) in [4.78, 5) is 4.21. The quantitative estimate of drug-likeness (QED) is 0.778. The van der Waals surface area contributed by atoms with Gasteiger partial charge in [-0.2, -0.15) is 0 Å². The maximum atomic E-state index is 13.5. The molecule has 0 bridgehead atoms. The van der Waals surface area contributed by atoms with Crippen LogP contribution in [0.1, 0.15) is 5.56 Å². The summed E-state index contributed by atoms with van der Waals surface area (Å²) in [6.07, 6.45) is 0. The fraction of sp³-hybridized carbons (Fsp3) is 0.0714. The minimum atomic E-state index is -0.610. The summed E-state index contributed by atoms with van der Waals surface area (Å²) in [5.41, 5.74) is 0.897. The number of aromatic nitrogens is 1. The van der Waals surface area contributed by atoms with E-state index in [1.54, 1.807) is 6.07 Å². The van der Waals surface area contributed by atoms with Crippen LogP contribution in [0.15, 0.2) is 36.4 Å². The molecule has 2 aromatic carbocycles. The van der Waals surface area contributed by atoms with Crippen molar-refractivity contribution < 1.29 is 13.2 Å². The van der Waals surface area contributed by atoms with E-state index in [1.807, 2.05) is 0 Å². The Balaban J connectivity index is 1.79. The van der Waals surface area contributed by atoms with E-state index in [4.69, 9.17) is 0 Å². The number of fused-ring (bicyclic) bond motifs is 1. The lowest BCUT2D eigenvalue weighted by Gasteiger charge is -2.04. The summed E-state index contributed by atoms with van der Waals surface area (Å²) in [6, 6.07) is 7.77. The topological polar surface area (TPSA) is 24.9 Å². The van der Waals surface area contributed by atoms with E-state index in [0.29, 0.717) is 16.2 Å². The van der Waals surface area contributed by atoms with Crippen LogP contribution in [0, 0.1) is 17.5 Å².